The zero-order valence-corrected chi connectivity index (χ0v) is 19.0. The normalized spacial score (nSPS) is 23.1. The number of rotatable bonds is 8. The molecule has 3 aliphatic rings. The Kier molecular flexibility index (Phi) is 6.66. The van der Waals surface area contributed by atoms with Gasteiger partial charge < -0.3 is 4.57 Å². The highest BCUT2D eigenvalue weighted by Gasteiger charge is 2.33. The second kappa shape index (κ2) is 9.06. The molecule has 0 N–H and O–H groups in total. The van der Waals surface area contributed by atoms with Gasteiger partial charge in [0, 0.05) is 45.3 Å². The Morgan fingerprint density at radius 2 is 1.69 bits per heavy atom. The van der Waals surface area contributed by atoms with Gasteiger partial charge in [-0.3, -0.25) is 9.80 Å². The van der Waals surface area contributed by atoms with E-state index in [1.807, 2.05) is 6.20 Å². The molecule has 0 bridgehead atoms. The predicted octanol–water partition coefficient (Wildman–Crippen LogP) is 3.17. The lowest BCUT2D eigenvalue weighted by atomic mass is 9.89. The van der Waals surface area contributed by atoms with Crippen molar-refractivity contribution in [2.75, 3.05) is 31.9 Å². The SMILES string of the molecule is CC(C)N1CCN(Cc2cnc(S(=O)(=O)CC3CC3)n2CC2CCCCC2)CC1. The summed E-state index contributed by atoms with van der Waals surface area (Å²) < 4.78 is 28.2. The van der Waals surface area contributed by atoms with E-state index in [1.54, 1.807) is 0 Å². The van der Waals surface area contributed by atoms with E-state index in [2.05, 4.69) is 33.2 Å². The van der Waals surface area contributed by atoms with Crippen LogP contribution in [0.4, 0.5) is 0 Å². The van der Waals surface area contributed by atoms with Crippen LogP contribution in [-0.2, 0) is 22.9 Å². The minimum absolute atomic E-state index is 0.279. The van der Waals surface area contributed by atoms with Gasteiger partial charge in [-0.15, -0.1) is 0 Å². The largest absolute Gasteiger partial charge is 0.317 e. The van der Waals surface area contributed by atoms with Crippen LogP contribution >= 0.6 is 0 Å². The quantitative estimate of drug-likeness (QED) is 0.644. The molecule has 0 atom stereocenters. The molecule has 0 spiro atoms. The number of hydrogen-bond donors (Lipinski definition) is 0. The maximum Gasteiger partial charge on any atom is 0.227 e. The topological polar surface area (TPSA) is 58.4 Å². The molecule has 0 unspecified atom stereocenters. The molecule has 1 saturated heterocycles. The number of hydrogen-bond acceptors (Lipinski definition) is 5. The summed E-state index contributed by atoms with van der Waals surface area (Å²) in [6.07, 6.45) is 10.2. The third kappa shape index (κ3) is 5.42. The summed E-state index contributed by atoms with van der Waals surface area (Å²) in [6, 6.07) is 0.591. The number of nitrogens with zero attached hydrogens (tertiary/aromatic N) is 4. The van der Waals surface area contributed by atoms with Gasteiger partial charge in [0.05, 0.1) is 17.6 Å². The minimum Gasteiger partial charge on any atom is -0.317 e. The van der Waals surface area contributed by atoms with E-state index in [0.717, 1.165) is 57.8 Å². The van der Waals surface area contributed by atoms with E-state index in [1.165, 1.54) is 32.1 Å². The average Bonchev–Trinajstić information content (AvgIpc) is 3.41. The van der Waals surface area contributed by atoms with Gasteiger partial charge in [-0.2, -0.15) is 0 Å². The Labute approximate surface area is 176 Å². The molecular weight excluding hydrogens is 384 g/mol. The van der Waals surface area contributed by atoms with Gasteiger partial charge in [0.25, 0.3) is 0 Å². The van der Waals surface area contributed by atoms with Crippen molar-refractivity contribution in [1.82, 2.24) is 19.4 Å². The van der Waals surface area contributed by atoms with Crippen LogP contribution < -0.4 is 0 Å². The second-order valence-electron chi connectivity index (χ2n) is 9.78. The van der Waals surface area contributed by atoms with Crippen molar-refractivity contribution in [3.8, 4) is 0 Å². The third-order valence-electron chi connectivity index (χ3n) is 7.02. The lowest BCUT2D eigenvalue weighted by Crippen LogP contribution is -2.48. The predicted molar refractivity (Wildman–Crippen MR) is 116 cm³/mol. The van der Waals surface area contributed by atoms with Crippen molar-refractivity contribution < 1.29 is 8.42 Å². The molecule has 0 aromatic carbocycles. The maximum atomic E-state index is 13.1. The summed E-state index contributed by atoms with van der Waals surface area (Å²) in [5.74, 6) is 1.22. The molecule has 6 nitrogen and oxygen atoms in total. The van der Waals surface area contributed by atoms with Gasteiger partial charge in [0.2, 0.25) is 15.0 Å². The highest BCUT2D eigenvalue weighted by atomic mass is 32.2. The molecule has 0 radical (unpaired) electrons. The Hall–Kier alpha value is -0.920. The van der Waals surface area contributed by atoms with E-state index in [0.29, 0.717) is 23.0 Å². The number of imidazole rings is 1. The molecule has 164 valence electrons. The smallest absolute Gasteiger partial charge is 0.227 e. The van der Waals surface area contributed by atoms with Gasteiger partial charge >= 0.3 is 0 Å². The highest BCUT2D eigenvalue weighted by molar-refractivity contribution is 7.91. The van der Waals surface area contributed by atoms with E-state index >= 15 is 0 Å². The Morgan fingerprint density at radius 3 is 2.31 bits per heavy atom. The monoisotopic (exact) mass is 422 g/mol. The molecule has 1 aromatic rings. The first-order valence-corrected chi connectivity index (χ1v) is 13.3. The first-order chi connectivity index (χ1) is 13.9. The zero-order chi connectivity index (χ0) is 20.4. The van der Waals surface area contributed by atoms with Crippen LogP contribution in [0.5, 0.6) is 0 Å². The van der Waals surface area contributed by atoms with Gasteiger partial charge in [0.15, 0.2) is 0 Å². The van der Waals surface area contributed by atoms with Crippen LogP contribution in [0, 0.1) is 11.8 Å². The number of sulfone groups is 1. The van der Waals surface area contributed by atoms with Crippen molar-refractivity contribution in [2.45, 2.75) is 83.1 Å². The Balaban J connectivity index is 1.51. The Bertz CT molecular complexity index is 771. The summed E-state index contributed by atoms with van der Waals surface area (Å²) >= 11 is 0. The maximum absolute atomic E-state index is 13.1. The van der Waals surface area contributed by atoms with Crippen molar-refractivity contribution >= 4 is 9.84 Å². The highest BCUT2D eigenvalue weighted by Crippen LogP contribution is 2.33. The summed E-state index contributed by atoms with van der Waals surface area (Å²) in [4.78, 5) is 9.46. The average molecular weight is 423 g/mol. The first-order valence-electron chi connectivity index (χ1n) is 11.7. The summed E-state index contributed by atoms with van der Waals surface area (Å²) in [5.41, 5.74) is 1.09. The van der Waals surface area contributed by atoms with Gasteiger partial charge in [-0.05, 0) is 51.4 Å². The van der Waals surface area contributed by atoms with Crippen LogP contribution in [0.15, 0.2) is 11.4 Å². The second-order valence-corrected chi connectivity index (χ2v) is 11.7. The van der Waals surface area contributed by atoms with Crippen molar-refractivity contribution in [3.05, 3.63) is 11.9 Å². The fourth-order valence-corrected chi connectivity index (χ4v) is 6.77. The van der Waals surface area contributed by atoms with Crippen molar-refractivity contribution in [2.24, 2.45) is 11.8 Å². The van der Waals surface area contributed by atoms with E-state index < -0.39 is 9.84 Å². The number of aromatic nitrogens is 2. The molecule has 7 heteroatoms. The van der Waals surface area contributed by atoms with Crippen LogP contribution in [-0.4, -0.2) is 65.7 Å². The molecule has 0 amide bonds. The molecule has 2 heterocycles. The summed E-state index contributed by atoms with van der Waals surface area (Å²) in [7, 11) is -3.29. The molecule has 29 heavy (non-hydrogen) atoms. The molecular formula is C22H38N4O2S. The van der Waals surface area contributed by atoms with Crippen LogP contribution in [0.2, 0.25) is 0 Å². The lowest BCUT2D eigenvalue weighted by Gasteiger charge is -2.37. The summed E-state index contributed by atoms with van der Waals surface area (Å²) in [6.45, 7) is 10.4. The van der Waals surface area contributed by atoms with Crippen LogP contribution in [0.1, 0.15) is 64.5 Å². The van der Waals surface area contributed by atoms with Crippen LogP contribution in [0.3, 0.4) is 0 Å². The fraction of sp³-hybridized carbons (Fsp3) is 0.864. The summed E-state index contributed by atoms with van der Waals surface area (Å²) in [5, 5.41) is 0.339. The first kappa shape index (κ1) is 21.3. The lowest BCUT2D eigenvalue weighted by molar-refractivity contribution is 0.102. The molecule has 1 aliphatic heterocycles. The van der Waals surface area contributed by atoms with Gasteiger partial charge in [-0.25, -0.2) is 13.4 Å². The molecule has 3 fully saturated rings. The fourth-order valence-electron chi connectivity index (χ4n) is 4.93. The van der Waals surface area contributed by atoms with Crippen LogP contribution in [0.25, 0.3) is 0 Å². The molecule has 4 rings (SSSR count). The molecule has 1 aromatic heterocycles. The van der Waals surface area contributed by atoms with Gasteiger partial charge in [0.1, 0.15) is 0 Å². The standard InChI is InChI=1S/C22H38N4O2S/c1-18(2)25-12-10-24(11-13-25)16-21-14-23-22(29(27,28)17-20-8-9-20)26(21)15-19-6-4-3-5-7-19/h14,18-20H,3-13,15-17H2,1-2H3. The van der Waals surface area contributed by atoms with E-state index in [9.17, 15) is 8.42 Å². The molecule has 2 aliphatic carbocycles. The molecule has 2 saturated carbocycles. The Morgan fingerprint density at radius 1 is 1.00 bits per heavy atom. The number of piperazine rings is 1. The zero-order valence-electron chi connectivity index (χ0n) is 18.2. The van der Waals surface area contributed by atoms with Crippen molar-refractivity contribution in [3.63, 3.8) is 0 Å². The van der Waals surface area contributed by atoms with E-state index in [4.69, 9.17) is 0 Å². The third-order valence-corrected chi connectivity index (χ3v) is 8.81. The van der Waals surface area contributed by atoms with Gasteiger partial charge in [-0.1, -0.05) is 19.3 Å². The van der Waals surface area contributed by atoms with E-state index in [-0.39, 0.29) is 5.75 Å². The van der Waals surface area contributed by atoms with Crippen molar-refractivity contribution in [1.29, 1.82) is 0 Å². The minimum atomic E-state index is -3.29.